The maximum atomic E-state index is 12.2. The lowest BCUT2D eigenvalue weighted by Gasteiger charge is -2.38. The van der Waals surface area contributed by atoms with Gasteiger partial charge in [-0.05, 0) is 25.0 Å². The van der Waals surface area contributed by atoms with E-state index in [1.54, 1.807) is 7.11 Å². The minimum Gasteiger partial charge on any atom is -0.497 e. The van der Waals surface area contributed by atoms with E-state index in [4.69, 9.17) is 13.9 Å². The monoisotopic (exact) mass is 316 g/mol. The molecule has 2 saturated heterocycles. The predicted octanol–water partition coefficient (Wildman–Crippen LogP) is 2.37. The molecule has 6 nitrogen and oxygen atoms in total. The zero-order chi connectivity index (χ0) is 15.9. The summed E-state index contributed by atoms with van der Waals surface area (Å²) >= 11 is 0. The molecule has 1 atom stereocenters. The minimum absolute atomic E-state index is 0.128. The normalized spacial score (nSPS) is 24.7. The van der Waals surface area contributed by atoms with E-state index in [-0.39, 0.29) is 11.3 Å². The quantitative estimate of drug-likeness (QED) is 0.870. The van der Waals surface area contributed by atoms with E-state index >= 15 is 0 Å². The molecule has 2 fully saturated rings. The molecular weight excluding hydrogens is 296 g/mol. The molecule has 1 aromatic heterocycles. The topological polar surface area (TPSA) is 64.8 Å². The molecule has 2 aromatic rings. The number of carbonyl (C=O) groups is 1. The number of rotatable bonds is 3. The summed E-state index contributed by atoms with van der Waals surface area (Å²) in [4.78, 5) is 18.6. The summed E-state index contributed by atoms with van der Waals surface area (Å²) in [6.07, 6.45) is 2.53. The summed E-state index contributed by atoms with van der Waals surface area (Å²) in [5, 5.41) is 0. The highest BCUT2D eigenvalue weighted by Gasteiger charge is 2.41. The summed E-state index contributed by atoms with van der Waals surface area (Å²) < 4.78 is 16.5. The number of likely N-dealkylation sites (tertiary alicyclic amines) is 1. The van der Waals surface area contributed by atoms with Crippen LogP contribution < -0.4 is 4.74 Å². The van der Waals surface area contributed by atoms with E-state index in [9.17, 15) is 4.79 Å². The molecule has 6 heteroatoms. The molecule has 2 aliphatic heterocycles. The lowest BCUT2D eigenvalue weighted by Crippen LogP contribution is -2.46. The smallest absolute Gasteiger partial charge is 0.223 e. The Morgan fingerprint density at radius 3 is 3.09 bits per heavy atom. The molecule has 0 aliphatic carbocycles. The zero-order valence-corrected chi connectivity index (χ0v) is 13.2. The molecule has 4 rings (SSSR count). The van der Waals surface area contributed by atoms with Gasteiger partial charge in [0, 0.05) is 31.1 Å². The molecule has 1 aromatic carbocycles. The van der Waals surface area contributed by atoms with Gasteiger partial charge < -0.3 is 18.8 Å². The summed E-state index contributed by atoms with van der Waals surface area (Å²) in [6, 6.07) is 5.52. The van der Waals surface area contributed by atoms with Crippen molar-refractivity contribution in [3.63, 3.8) is 0 Å². The third-order valence-electron chi connectivity index (χ3n) is 4.90. The average Bonchev–Trinajstić information content (AvgIpc) is 3.17. The van der Waals surface area contributed by atoms with Crippen LogP contribution in [0.5, 0.6) is 5.75 Å². The van der Waals surface area contributed by atoms with Gasteiger partial charge in [-0.15, -0.1) is 0 Å². The standard InChI is InChI=1S/C17H20N2O4/c1-21-12-2-3-14-13(8-12)18-15(23-14)9-19-10-17(5-4-16(19)20)6-7-22-11-17/h2-3,8H,4-7,9-11H2,1H3/t17-/m1/s1. The Bertz CT molecular complexity index is 733. The van der Waals surface area contributed by atoms with Crippen LogP contribution in [0, 0.1) is 5.41 Å². The third-order valence-corrected chi connectivity index (χ3v) is 4.90. The summed E-state index contributed by atoms with van der Waals surface area (Å²) in [5.41, 5.74) is 1.59. The fraction of sp³-hybridized carbons (Fsp3) is 0.529. The second-order valence-corrected chi connectivity index (χ2v) is 6.49. The number of ether oxygens (including phenoxy) is 2. The molecule has 23 heavy (non-hydrogen) atoms. The number of hydrogen-bond donors (Lipinski definition) is 0. The number of carbonyl (C=O) groups excluding carboxylic acids is 1. The highest BCUT2D eigenvalue weighted by atomic mass is 16.5. The highest BCUT2D eigenvalue weighted by molar-refractivity contribution is 5.77. The van der Waals surface area contributed by atoms with Gasteiger partial charge in [0.05, 0.1) is 20.3 Å². The van der Waals surface area contributed by atoms with Crippen LogP contribution in [0.2, 0.25) is 0 Å². The fourth-order valence-corrected chi connectivity index (χ4v) is 3.53. The lowest BCUT2D eigenvalue weighted by atomic mass is 9.79. The van der Waals surface area contributed by atoms with Crippen LogP contribution in [-0.2, 0) is 16.1 Å². The van der Waals surface area contributed by atoms with Gasteiger partial charge in [0.1, 0.15) is 11.3 Å². The van der Waals surface area contributed by atoms with Gasteiger partial charge in [0.15, 0.2) is 5.58 Å². The summed E-state index contributed by atoms with van der Waals surface area (Å²) in [6.45, 7) is 2.69. The third kappa shape index (κ3) is 2.67. The van der Waals surface area contributed by atoms with Crippen LogP contribution in [0.4, 0.5) is 0 Å². The van der Waals surface area contributed by atoms with E-state index in [1.165, 1.54) is 0 Å². The van der Waals surface area contributed by atoms with Crippen LogP contribution in [0.3, 0.4) is 0 Å². The number of hydrogen-bond acceptors (Lipinski definition) is 5. The van der Waals surface area contributed by atoms with Crippen LogP contribution in [0.1, 0.15) is 25.2 Å². The molecule has 0 radical (unpaired) electrons. The molecule has 0 saturated carbocycles. The Hall–Kier alpha value is -2.08. The summed E-state index contributed by atoms with van der Waals surface area (Å²) in [7, 11) is 1.62. The van der Waals surface area contributed by atoms with Gasteiger partial charge in [-0.25, -0.2) is 4.98 Å². The van der Waals surface area contributed by atoms with Gasteiger partial charge in [0.2, 0.25) is 11.8 Å². The Morgan fingerprint density at radius 2 is 2.30 bits per heavy atom. The Balaban J connectivity index is 1.55. The first-order valence-corrected chi connectivity index (χ1v) is 7.96. The second-order valence-electron chi connectivity index (χ2n) is 6.49. The van der Waals surface area contributed by atoms with Gasteiger partial charge in [-0.2, -0.15) is 0 Å². The number of benzene rings is 1. The van der Waals surface area contributed by atoms with Crippen LogP contribution in [0.25, 0.3) is 11.1 Å². The Kier molecular flexibility index (Phi) is 3.49. The van der Waals surface area contributed by atoms with Crippen molar-refractivity contribution in [3.8, 4) is 5.75 Å². The van der Waals surface area contributed by atoms with Crippen molar-refractivity contribution in [1.29, 1.82) is 0 Å². The lowest BCUT2D eigenvalue weighted by molar-refractivity contribution is -0.138. The number of piperidine rings is 1. The van der Waals surface area contributed by atoms with Gasteiger partial charge in [-0.3, -0.25) is 4.79 Å². The molecule has 2 aliphatic rings. The molecule has 1 spiro atoms. The number of fused-ring (bicyclic) bond motifs is 1. The van der Waals surface area contributed by atoms with Crippen molar-refractivity contribution >= 4 is 17.0 Å². The molecule has 3 heterocycles. The fourth-order valence-electron chi connectivity index (χ4n) is 3.53. The van der Waals surface area contributed by atoms with E-state index < -0.39 is 0 Å². The maximum Gasteiger partial charge on any atom is 0.223 e. The van der Waals surface area contributed by atoms with Gasteiger partial charge in [-0.1, -0.05) is 0 Å². The molecule has 1 amide bonds. The summed E-state index contributed by atoms with van der Waals surface area (Å²) in [5.74, 6) is 1.48. The van der Waals surface area contributed by atoms with E-state index in [0.29, 0.717) is 24.4 Å². The van der Waals surface area contributed by atoms with E-state index in [1.807, 2.05) is 23.1 Å². The predicted molar refractivity (Wildman–Crippen MR) is 83.1 cm³/mol. The first-order valence-electron chi connectivity index (χ1n) is 7.96. The number of nitrogens with zero attached hydrogens (tertiary/aromatic N) is 2. The molecule has 122 valence electrons. The van der Waals surface area contributed by atoms with Crippen LogP contribution >= 0.6 is 0 Å². The number of oxazole rings is 1. The number of aromatic nitrogens is 1. The second kappa shape index (κ2) is 5.53. The Labute approximate surface area is 134 Å². The zero-order valence-electron chi connectivity index (χ0n) is 13.2. The SMILES string of the molecule is COc1ccc2oc(CN3C[C@]4(CCOC4)CCC3=O)nc2c1. The average molecular weight is 316 g/mol. The maximum absolute atomic E-state index is 12.2. The first-order chi connectivity index (χ1) is 11.2. The first kappa shape index (κ1) is 14.5. The highest BCUT2D eigenvalue weighted by Crippen LogP contribution is 2.38. The largest absolute Gasteiger partial charge is 0.497 e. The van der Waals surface area contributed by atoms with Gasteiger partial charge >= 0.3 is 0 Å². The van der Waals surface area contributed by atoms with Crippen molar-refractivity contribution in [3.05, 3.63) is 24.1 Å². The molecule has 0 bridgehead atoms. The number of amides is 1. The number of methoxy groups -OCH3 is 1. The van der Waals surface area contributed by atoms with E-state index in [2.05, 4.69) is 4.98 Å². The molecule has 0 unspecified atom stereocenters. The van der Waals surface area contributed by atoms with Crippen LogP contribution in [-0.4, -0.2) is 42.7 Å². The van der Waals surface area contributed by atoms with Crippen molar-refractivity contribution in [2.75, 3.05) is 26.9 Å². The molecular formula is C17H20N2O4. The Morgan fingerprint density at radius 1 is 1.39 bits per heavy atom. The van der Waals surface area contributed by atoms with E-state index in [0.717, 1.165) is 43.9 Å². The van der Waals surface area contributed by atoms with Crippen molar-refractivity contribution < 1.29 is 18.7 Å². The van der Waals surface area contributed by atoms with Crippen molar-refractivity contribution in [2.24, 2.45) is 5.41 Å². The molecule has 0 N–H and O–H groups in total. The van der Waals surface area contributed by atoms with Crippen molar-refractivity contribution in [1.82, 2.24) is 9.88 Å². The van der Waals surface area contributed by atoms with Gasteiger partial charge in [0.25, 0.3) is 0 Å². The van der Waals surface area contributed by atoms with Crippen LogP contribution in [0.15, 0.2) is 22.6 Å². The van der Waals surface area contributed by atoms with Crippen molar-refractivity contribution in [2.45, 2.75) is 25.8 Å². The minimum atomic E-state index is 0.128.